The minimum atomic E-state index is -0.375. The van der Waals surface area contributed by atoms with Gasteiger partial charge < -0.3 is 4.90 Å². The summed E-state index contributed by atoms with van der Waals surface area (Å²) in [7, 11) is 2.19. The van der Waals surface area contributed by atoms with Gasteiger partial charge in [-0.15, -0.1) is 0 Å². The summed E-state index contributed by atoms with van der Waals surface area (Å²) in [6, 6.07) is 4.56. The number of nitrogens with two attached hydrogens (primary N) is 1. The highest BCUT2D eigenvalue weighted by Crippen LogP contribution is 2.43. The molecule has 2 saturated heterocycles. The van der Waals surface area contributed by atoms with Crippen molar-refractivity contribution in [1.82, 2.24) is 10.3 Å². The van der Waals surface area contributed by atoms with E-state index in [4.69, 9.17) is 17.4 Å². The molecule has 3 nitrogen and oxygen atoms in total. The second kappa shape index (κ2) is 6.13. The van der Waals surface area contributed by atoms with Crippen molar-refractivity contribution in [2.24, 2.45) is 11.8 Å². The third-order valence-corrected chi connectivity index (χ3v) is 6.44. The molecule has 21 heavy (non-hydrogen) atoms. The molecular weight excluding hydrogens is 357 g/mol. The van der Waals surface area contributed by atoms with Gasteiger partial charge in [0.25, 0.3) is 0 Å². The lowest BCUT2D eigenvalue weighted by molar-refractivity contribution is 0.111. The topological polar surface area (TPSA) is 41.3 Å². The van der Waals surface area contributed by atoms with Crippen molar-refractivity contribution in [3.63, 3.8) is 0 Å². The maximum atomic E-state index is 14.5. The highest BCUT2D eigenvalue weighted by molar-refractivity contribution is 9.10. The first-order chi connectivity index (χ1) is 10.0. The molecule has 3 N–H and O–H groups in total. The molecule has 2 aliphatic rings. The van der Waals surface area contributed by atoms with Crippen LogP contribution >= 0.6 is 27.5 Å². The molecule has 3 unspecified atom stereocenters. The fourth-order valence-corrected chi connectivity index (χ4v) is 4.46. The summed E-state index contributed by atoms with van der Waals surface area (Å²) in [5.74, 6) is 5.72. The zero-order valence-electron chi connectivity index (χ0n) is 12.0. The summed E-state index contributed by atoms with van der Waals surface area (Å²) in [5.41, 5.74) is 3.40. The van der Waals surface area contributed by atoms with Gasteiger partial charge in [0.2, 0.25) is 0 Å². The molecule has 2 heterocycles. The number of hydrogen-bond acceptors (Lipinski definition) is 3. The van der Waals surface area contributed by atoms with Crippen molar-refractivity contribution in [2.75, 3.05) is 7.05 Å². The lowest BCUT2D eigenvalue weighted by Gasteiger charge is -2.39. The number of piperidine rings is 1. The minimum Gasteiger partial charge on any atom is -0.300 e. The molecule has 1 aromatic carbocycles. The Morgan fingerprint density at radius 3 is 2.57 bits per heavy atom. The smallest absolute Gasteiger partial charge is 0.147 e. The van der Waals surface area contributed by atoms with E-state index in [1.807, 2.05) is 0 Å². The van der Waals surface area contributed by atoms with Crippen LogP contribution in [0.25, 0.3) is 0 Å². The molecule has 2 aliphatic heterocycles. The van der Waals surface area contributed by atoms with Gasteiger partial charge in [0.1, 0.15) is 5.82 Å². The number of halogens is 3. The Kier molecular flexibility index (Phi) is 4.58. The van der Waals surface area contributed by atoms with E-state index < -0.39 is 0 Å². The van der Waals surface area contributed by atoms with E-state index in [2.05, 4.69) is 33.3 Å². The van der Waals surface area contributed by atoms with Gasteiger partial charge in [0.15, 0.2) is 0 Å². The van der Waals surface area contributed by atoms with Gasteiger partial charge in [-0.25, -0.2) is 4.39 Å². The number of nitrogens with zero attached hydrogens (tertiary/aromatic N) is 1. The van der Waals surface area contributed by atoms with Gasteiger partial charge in [-0.1, -0.05) is 17.7 Å². The van der Waals surface area contributed by atoms with Crippen LogP contribution in [0.15, 0.2) is 16.6 Å². The molecule has 0 spiro atoms. The standard InChI is InChI=1S/C15H20BrClFN3/c1-21-9-2-3-10(21)7-8(6-9)15(20-19)11-4-5-12(16)13(17)14(11)18/h4-5,8-10,15,20H,2-3,6-7,19H2,1H3. The van der Waals surface area contributed by atoms with Crippen molar-refractivity contribution in [2.45, 2.75) is 43.8 Å². The van der Waals surface area contributed by atoms with Crippen molar-refractivity contribution >= 4 is 27.5 Å². The third-order valence-electron chi connectivity index (χ3n) is 5.19. The quantitative estimate of drug-likeness (QED) is 0.481. The first-order valence-electron chi connectivity index (χ1n) is 7.34. The molecule has 1 aromatic rings. The molecule has 3 atom stereocenters. The Morgan fingerprint density at radius 2 is 2.00 bits per heavy atom. The SMILES string of the molecule is CN1C2CCC1CC(C(NN)c1ccc(Br)c(Cl)c1F)C2. The van der Waals surface area contributed by atoms with E-state index in [9.17, 15) is 4.39 Å². The van der Waals surface area contributed by atoms with Crippen LogP contribution in [-0.4, -0.2) is 24.0 Å². The Hall–Kier alpha value is -0.200. The number of benzene rings is 1. The van der Waals surface area contributed by atoms with Gasteiger partial charge in [-0.05, 0) is 60.6 Å². The lowest BCUT2D eigenvalue weighted by atomic mass is 9.82. The van der Waals surface area contributed by atoms with Gasteiger partial charge in [0, 0.05) is 22.1 Å². The van der Waals surface area contributed by atoms with Crippen LogP contribution < -0.4 is 11.3 Å². The molecule has 6 heteroatoms. The van der Waals surface area contributed by atoms with E-state index in [1.165, 1.54) is 12.8 Å². The van der Waals surface area contributed by atoms with Crippen LogP contribution in [0.4, 0.5) is 4.39 Å². The average Bonchev–Trinajstić information content (AvgIpc) is 2.70. The Morgan fingerprint density at radius 1 is 1.38 bits per heavy atom. The lowest BCUT2D eigenvalue weighted by Crippen LogP contribution is -2.45. The first-order valence-corrected chi connectivity index (χ1v) is 8.51. The predicted octanol–water partition coefficient (Wildman–Crippen LogP) is 3.62. The molecule has 0 radical (unpaired) electrons. The predicted molar refractivity (Wildman–Crippen MR) is 86.5 cm³/mol. The Balaban J connectivity index is 1.88. The fraction of sp³-hybridized carbons (Fsp3) is 0.600. The summed E-state index contributed by atoms with van der Waals surface area (Å²) in [6.45, 7) is 0. The molecular formula is C15H20BrClFN3. The second-order valence-electron chi connectivity index (χ2n) is 6.19. The molecule has 0 saturated carbocycles. The minimum absolute atomic E-state index is 0.128. The first kappa shape index (κ1) is 15.7. The van der Waals surface area contributed by atoms with Crippen LogP contribution in [0.5, 0.6) is 0 Å². The van der Waals surface area contributed by atoms with E-state index >= 15 is 0 Å². The van der Waals surface area contributed by atoms with Gasteiger partial charge in [-0.2, -0.15) is 0 Å². The largest absolute Gasteiger partial charge is 0.300 e. The van der Waals surface area contributed by atoms with Crippen LogP contribution in [0.3, 0.4) is 0 Å². The van der Waals surface area contributed by atoms with Gasteiger partial charge in [-0.3, -0.25) is 11.3 Å². The van der Waals surface area contributed by atoms with Crippen molar-refractivity contribution in [3.8, 4) is 0 Å². The number of hydrogen-bond donors (Lipinski definition) is 2. The van der Waals surface area contributed by atoms with E-state index in [-0.39, 0.29) is 16.9 Å². The van der Waals surface area contributed by atoms with E-state index in [0.29, 0.717) is 28.0 Å². The molecule has 116 valence electrons. The summed E-state index contributed by atoms with van der Waals surface area (Å²) >= 11 is 9.27. The number of rotatable bonds is 3. The number of nitrogens with one attached hydrogen (secondary N) is 1. The van der Waals surface area contributed by atoms with E-state index in [1.54, 1.807) is 12.1 Å². The average molecular weight is 377 g/mol. The normalized spacial score (nSPS) is 30.6. The van der Waals surface area contributed by atoms with E-state index in [0.717, 1.165) is 12.8 Å². The van der Waals surface area contributed by atoms with Gasteiger partial charge >= 0.3 is 0 Å². The van der Waals surface area contributed by atoms with Crippen molar-refractivity contribution in [3.05, 3.63) is 33.0 Å². The summed E-state index contributed by atoms with van der Waals surface area (Å²) in [5, 5.41) is 0.128. The summed E-state index contributed by atoms with van der Waals surface area (Å²) in [6.07, 6.45) is 4.57. The molecule has 2 fully saturated rings. The van der Waals surface area contributed by atoms with Crippen LogP contribution in [0.2, 0.25) is 5.02 Å². The molecule has 0 amide bonds. The van der Waals surface area contributed by atoms with Crippen molar-refractivity contribution < 1.29 is 4.39 Å². The Labute approximate surface area is 138 Å². The van der Waals surface area contributed by atoms with Crippen molar-refractivity contribution in [1.29, 1.82) is 0 Å². The monoisotopic (exact) mass is 375 g/mol. The van der Waals surface area contributed by atoms with Gasteiger partial charge in [0.05, 0.1) is 11.1 Å². The third kappa shape index (κ3) is 2.75. The maximum Gasteiger partial charge on any atom is 0.147 e. The highest BCUT2D eigenvalue weighted by Gasteiger charge is 2.41. The van der Waals surface area contributed by atoms with Crippen LogP contribution in [0, 0.1) is 11.7 Å². The molecule has 0 aromatic heterocycles. The molecule has 0 aliphatic carbocycles. The summed E-state index contributed by atoms with van der Waals surface area (Å²) in [4.78, 5) is 2.47. The number of fused-ring (bicyclic) bond motifs is 2. The zero-order valence-corrected chi connectivity index (χ0v) is 14.3. The van der Waals surface area contributed by atoms with Crippen LogP contribution in [-0.2, 0) is 0 Å². The number of hydrazine groups is 1. The second-order valence-corrected chi connectivity index (χ2v) is 7.42. The zero-order chi connectivity index (χ0) is 15.1. The Bertz CT molecular complexity index is 528. The maximum absolute atomic E-state index is 14.5. The molecule has 2 bridgehead atoms. The van der Waals surface area contributed by atoms with Crippen LogP contribution in [0.1, 0.15) is 37.3 Å². The summed E-state index contributed by atoms with van der Waals surface area (Å²) < 4.78 is 15.0. The highest BCUT2D eigenvalue weighted by atomic mass is 79.9. The fourth-order valence-electron chi connectivity index (χ4n) is 3.99. The molecule has 3 rings (SSSR count).